The second-order valence-electron chi connectivity index (χ2n) is 4.25. The maximum Gasteiger partial charge on any atom is 0.326 e. The molecular weight excluding hydrogens is 236 g/mol. The summed E-state index contributed by atoms with van der Waals surface area (Å²) >= 11 is 0. The first kappa shape index (κ1) is 14.8. The number of likely N-dealkylation sites (N-methyl/N-ethyl adjacent to an activating group) is 1. The van der Waals surface area contributed by atoms with Crippen LogP contribution in [0.25, 0.3) is 0 Å². The van der Waals surface area contributed by atoms with Gasteiger partial charge in [0.05, 0.1) is 6.61 Å². The minimum Gasteiger partial charge on any atom is -0.480 e. The van der Waals surface area contributed by atoms with Crippen LogP contribution in [0.4, 0.5) is 4.79 Å². The van der Waals surface area contributed by atoms with Crippen molar-refractivity contribution in [3.05, 3.63) is 0 Å². The molecule has 1 N–H and O–H groups in total. The van der Waals surface area contributed by atoms with Crippen molar-refractivity contribution in [2.45, 2.75) is 32.7 Å². The van der Waals surface area contributed by atoms with Crippen molar-refractivity contribution >= 4 is 12.0 Å². The summed E-state index contributed by atoms with van der Waals surface area (Å²) in [5.41, 5.74) is 0. The maximum atomic E-state index is 12.2. The zero-order chi connectivity index (χ0) is 13.5. The number of rotatable bonds is 6. The van der Waals surface area contributed by atoms with Gasteiger partial charge in [0.15, 0.2) is 0 Å². The Hall–Kier alpha value is -1.30. The molecule has 1 atom stereocenters. The first-order valence-corrected chi connectivity index (χ1v) is 6.47. The highest BCUT2D eigenvalue weighted by Crippen LogP contribution is 2.19. The lowest BCUT2D eigenvalue weighted by molar-refractivity contribution is -0.141. The second kappa shape index (κ2) is 7.20. The van der Waals surface area contributed by atoms with Crippen molar-refractivity contribution in [2.75, 3.05) is 32.8 Å². The van der Waals surface area contributed by atoms with Crippen LogP contribution in [0.5, 0.6) is 0 Å². The van der Waals surface area contributed by atoms with Gasteiger partial charge in [-0.15, -0.1) is 0 Å². The highest BCUT2D eigenvalue weighted by molar-refractivity contribution is 5.83. The molecule has 6 nitrogen and oxygen atoms in total. The summed E-state index contributed by atoms with van der Waals surface area (Å²) in [6, 6.07) is -0.860. The summed E-state index contributed by atoms with van der Waals surface area (Å²) < 4.78 is 5.22. The topological polar surface area (TPSA) is 70.1 Å². The number of ether oxygens (including phenoxy) is 1. The number of amides is 2. The number of likely N-dealkylation sites (tertiary alicyclic amines) is 1. The fourth-order valence-electron chi connectivity index (χ4n) is 2.14. The van der Waals surface area contributed by atoms with Crippen molar-refractivity contribution in [2.24, 2.45) is 0 Å². The van der Waals surface area contributed by atoms with Gasteiger partial charge in [0.2, 0.25) is 0 Å². The van der Waals surface area contributed by atoms with E-state index in [2.05, 4.69) is 0 Å². The highest BCUT2D eigenvalue weighted by atomic mass is 16.5. The molecule has 0 aromatic carbocycles. The van der Waals surface area contributed by atoms with Crippen molar-refractivity contribution < 1.29 is 19.4 Å². The minimum absolute atomic E-state index is 0.192. The number of aliphatic carboxylic acids is 1. The van der Waals surface area contributed by atoms with Crippen LogP contribution in [0.15, 0.2) is 0 Å². The molecular formula is C12H22N2O4. The van der Waals surface area contributed by atoms with Crippen molar-refractivity contribution in [3.63, 3.8) is 0 Å². The van der Waals surface area contributed by atoms with Crippen LogP contribution < -0.4 is 0 Å². The number of hydrogen-bond donors (Lipinski definition) is 1. The van der Waals surface area contributed by atoms with Gasteiger partial charge >= 0.3 is 12.0 Å². The minimum atomic E-state index is -0.915. The van der Waals surface area contributed by atoms with Gasteiger partial charge in [-0.3, -0.25) is 0 Å². The number of carboxylic acids is 1. The molecule has 1 aliphatic rings. The molecule has 0 aromatic heterocycles. The lowest BCUT2D eigenvalue weighted by Crippen LogP contribution is -2.48. The van der Waals surface area contributed by atoms with Crippen LogP contribution in [0.2, 0.25) is 0 Å². The van der Waals surface area contributed by atoms with Crippen molar-refractivity contribution in [3.8, 4) is 0 Å². The maximum absolute atomic E-state index is 12.2. The van der Waals surface area contributed by atoms with E-state index in [0.717, 1.165) is 6.42 Å². The quantitative estimate of drug-likeness (QED) is 0.722. The number of carboxylic acid groups (broad SMARTS) is 1. The third kappa shape index (κ3) is 3.60. The molecule has 2 amide bonds. The van der Waals surface area contributed by atoms with Gasteiger partial charge in [0, 0.05) is 26.2 Å². The van der Waals surface area contributed by atoms with Gasteiger partial charge < -0.3 is 19.6 Å². The average molecular weight is 258 g/mol. The summed E-state index contributed by atoms with van der Waals surface area (Å²) in [7, 11) is 0. The Balaban J connectivity index is 2.57. The summed E-state index contributed by atoms with van der Waals surface area (Å²) in [5, 5.41) is 9.06. The predicted octanol–water partition coefficient (Wildman–Crippen LogP) is 1.01. The van der Waals surface area contributed by atoms with Crippen LogP contribution in [-0.4, -0.2) is 65.8 Å². The van der Waals surface area contributed by atoms with Crippen molar-refractivity contribution in [1.82, 2.24) is 9.80 Å². The summed E-state index contributed by atoms with van der Waals surface area (Å²) in [6.07, 6.45) is 1.30. The van der Waals surface area contributed by atoms with E-state index < -0.39 is 12.0 Å². The van der Waals surface area contributed by atoms with Crippen LogP contribution in [0.1, 0.15) is 26.7 Å². The van der Waals surface area contributed by atoms with E-state index in [9.17, 15) is 9.59 Å². The zero-order valence-corrected chi connectivity index (χ0v) is 11.1. The average Bonchev–Trinajstić information content (AvgIpc) is 2.83. The van der Waals surface area contributed by atoms with Gasteiger partial charge in [-0.05, 0) is 26.7 Å². The van der Waals surface area contributed by atoms with Gasteiger partial charge in [0.25, 0.3) is 0 Å². The molecule has 1 aliphatic heterocycles. The molecule has 1 heterocycles. The Bertz CT molecular complexity index is 296. The summed E-state index contributed by atoms with van der Waals surface area (Å²) in [6.45, 7) is 6.49. The van der Waals surface area contributed by atoms with Crippen molar-refractivity contribution in [1.29, 1.82) is 0 Å². The lowest BCUT2D eigenvalue weighted by Gasteiger charge is -2.29. The largest absolute Gasteiger partial charge is 0.480 e. The molecule has 0 aromatic rings. The molecule has 0 bridgehead atoms. The molecule has 18 heavy (non-hydrogen) atoms. The molecule has 1 saturated heterocycles. The van der Waals surface area contributed by atoms with E-state index in [-0.39, 0.29) is 6.03 Å². The van der Waals surface area contributed by atoms with E-state index >= 15 is 0 Å². The van der Waals surface area contributed by atoms with Gasteiger partial charge in [-0.25, -0.2) is 9.59 Å². The van der Waals surface area contributed by atoms with Gasteiger partial charge in [-0.2, -0.15) is 0 Å². The molecule has 1 unspecified atom stereocenters. The fourth-order valence-corrected chi connectivity index (χ4v) is 2.14. The number of carbonyl (C=O) groups is 2. The SMILES string of the molecule is CCOCCN(CC)C(=O)N1CCCC1C(=O)O. The third-order valence-electron chi connectivity index (χ3n) is 3.15. The first-order valence-electron chi connectivity index (χ1n) is 6.47. The Labute approximate surface area is 107 Å². The summed E-state index contributed by atoms with van der Waals surface area (Å²) in [5.74, 6) is -0.915. The van der Waals surface area contributed by atoms with E-state index in [0.29, 0.717) is 39.3 Å². The molecule has 104 valence electrons. The van der Waals surface area contributed by atoms with E-state index in [1.54, 1.807) is 4.90 Å². The van der Waals surface area contributed by atoms with Gasteiger partial charge in [0.1, 0.15) is 6.04 Å². The van der Waals surface area contributed by atoms with Crippen LogP contribution >= 0.6 is 0 Å². The van der Waals surface area contributed by atoms with E-state index in [1.165, 1.54) is 4.90 Å². The first-order chi connectivity index (χ1) is 8.61. The van der Waals surface area contributed by atoms with Crippen LogP contribution in [0, 0.1) is 0 Å². The number of hydrogen-bond acceptors (Lipinski definition) is 3. The molecule has 1 rings (SSSR count). The highest BCUT2D eigenvalue weighted by Gasteiger charge is 2.35. The van der Waals surface area contributed by atoms with Crippen LogP contribution in [-0.2, 0) is 9.53 Å². The lowest BCUT2D eigenvalue weighted by atomic mass is 10.2. The number of urea groups is 1. The summed E-state index contributed by atoms with van der Waals surface area (Å²) in [4.78, 5) is 26.4. The Morgan fingerprint density at radius 2 is 2.17 bits per heavy atom. The fraction of sp³-hybridized carbons (Fsp3) is 0.833. The van der Waals surface area contributed by atoms with E-state index in [4.69, 9.17) is 9.84 Å². The molecule has 0 aliphatic carbocycles. The second-order valence-corrected chi connectivity index (χ2v) is 4.25. The standard InChI is InChI=1S/C12H22N2O4/c1-3-13(8-9-18-4-2)12(17)14-7-5-6-10(14)11(15)16/h10H,3-9H2,1-2H3,(H,15,16). The smallest absolute Gasteiger partial charge is 0.326 e. The Kier molecular flexibility index (Phi) is 5.91. The van der Waals surface area contributed by atoms with Gasteiger partial charge in [-0.1, -0.05) is 0 Å². The zero-order valence-electron chi connectivity index (χ0n) is 11.1. The molecule has 0 saturated carbocycles. The monoisotopic (exact) mass is 258 g/mol. The van der Waals surface area contributed by atoms with Crippen LogP contribution in [0.3, 0.4) is 0 Å². The molecule has 0 spiro atoms. The number of carbonyl (C=O) groups excluding carboxylic acids is 1. The predicted molar refractivity (Wildman–Crippen MR) is 66.5 cm³/mol. The molecule has 1 fully saturated rings. The number of nitrogens with zero attached hydrogens (tertiary/aromatic N) is 2. The normalized spacial score (nSPS) is 19.0. The van der Waals surface area contributed by atoms with E-state index in [1.807, 2.05) is 13.8 Å². The molecule has 6 heteroatoms. The third-order valence-corrected chi connectivity index (χ3v) is 3.15. The Morgan fingerprint density at radius 3 is 2.72 bits per heavy atom. The Morgan fingerprint density at radius 1 is 1.44 bits per heavy atom. The molecule has 0 radical (unpaired) electrons.